The number of nitrogens with zero attached hydrogens (tertiary/aromatic N) is 2. The SMILES string of the molecule is COc1ccc([C@H]2Sc3c(ccc4ccccc34)N(CCN(C)C)C(=O)[C@@H]2O)cc1. The summed E-state index contributed by atoms with van der Waals surface area (Å²) in [6.07, 6.45) is -1.14. The van der Waals surface area contributed by atoms with Crippen molar-refractivity contribution < 1.29 is 14.6 Å². The molecule has 0 radical (unpaired) electrons. The van der Waals surface area contributed by atoms with Crippen LogP contribution in [0.25, 0.3) is 10.8 Å². The minimum absolute atomic E-state index is 0.265. The Hall–Kier alpha value is -2.54. The molecule has 4 rings (SSSR count). The van der Waals surface area contributed by atoms with Gasteiger partial charge in [-0.2, -0.15) is 0 Å². The maximum atomic E-state index is 13.4. The van der Waals surface area contributed by atoms with Crippen LogP contribution in [0.4, 0.5) is 5.69 Å². The van der Waals surface area contributed by atoms with Crippen LogP contribution in [0.2, 0.25) is 0 Å². The van der Waals surface area contributed by atoms with Gasteiger partial charge in [-0.25, -0.2) is 0 Å². The summed E-state index contributed by atoms with van der Waals surface area (Å²) in [5.74, 6) is 0.482. The Bertz CT molecular complexity index is 1050. The highest BCUT2D eigenvalue weighted by Crippen LogP contribution is 2.48. The van der Waals surface area contributed by atoms with Gasteiger partial charge >= 0.3 is 0 Å². The molecule has 1 amide bonds. The van der Waals surface area contributed by atoms with Gasteiger partial charge in [0, 0.05) is 18.0 Å². The van der Waals surface area contributed by atoms with Crippen LogP contribution in [0.15, 0.2) is 65.6 Å². The van der Waals surface area contributed by atoms with Crippen LogP contribution < -0.4 is 9.64 Å². The fourth-order valence-electron chi connectivity index (χ4n) is 3.74. The van der Waals surface area contributed by atoms with Crippen molar-refractivity contribution >= 4 is 34.1 Å². The van der Waals surface area contributed by atoms with Crippen LogP contribution in [0, 0.1) is 0 Å². The number of methoxy groups -OCH3 is 1. The number of carbonyl (C=O) groups is 1. The number of fused-ring (bicyclic) bond motifs is 3. The van der Waals surface area contributed by atoms with Crippen LogP contribution in [-0.2, 0) is 4.79 Å². The van der Waals surface area contributed by atoms with E-state index in [0.717, 1.165) is 32.7 Å². The summed E-state index contributed by atoms with van der Waals surface area (Å²) in [4.78, 5) is 18.2. The molecule has 0 bridgehead atoms. The molecule has 2 atom stereocenters. The lowest BCUT2D eigenvalue weighted by Crippen LogP contribution is -2.43. The smallest absolute Gasteiger partial charge is 0.257 e. The van der Waals surface area contributed by atoms with Crippen LogP contribution in [-0.4, -0.2) is 56.3 Å². The molecule has 1 aliphatic rings. The number of aliphatic hydroxyl groups is 1. The number of rotatable bonds is 5. The van der Waals surface area contributed by atoms with Crippen molar-refractivity contribution in [2.75, 3.05) is 39.2 Å². The standard InChI is InChI=1S/C24H26N2O3S/c1-25(2)14-15-26-20-13-10-16-6-4-5-7-19(16)23(20)30-22(21(27)24(26)28)17-8-11-18(29-3)12-9-17/h4-13,21-22,27H,14-15H2,1-3H3/t21-,22-/m1/s1. The van der Waals surface area contributed by atoms with Crippen molar-refractivity contribution in [3.8, 4) is 5.75 Å². The molecule has 30 heavy (non-hydrogen) atoms. The zero-order chi connectivity index (χ0) is 21.3. The molecule has 0 unspecified atom stereocenters. The van der Waals surface area contributed by atoms with Crippen molar-refractivity contribution in [3.05, 3.63) is 66.2 Å². The van der Waals surface area contributed by atoms with Gasteiger partial charge in [0.1, 0.15) is 11.9 Å². The summed E-state index contributed by atoms with van der Waals surface area (Å²) in [6.45, 7) is 1.23. The Morgan fingerprint density at radius 2 is 1.80 bits per heavy atom. The number of anilines is 1. The number of benzene rings is 3. The van der Waals surface area contributed by atoms with Crippen molar-refractivity contribution in [2.45, 2.75) is 16.2 Å². The average Bonchev–Trinajstić information content (AvgIpc) is 2.87. The van der Waals surface area contributed by atoms with Gasteiger partial charge in [0.05, 0.1) is 18.0 Å². The van der Waals surface area contributed by atoms with Crippen molar-refractivity contribution in [1.82, 2.24) is 4.90 Å². The van der Waals surface area contributed by atoms with Gasteiger partial charge in [-0.1, -0.05) is 42.5 Å². The van der Waals surface area contributed by atoms with Gasteiger partial charge in [0.2, 0.25) is 0 Å². The Balaban J connectivity index is 1.84. The zero-order valence-electron chi connectivity index (χ0n) is 17.4. The van der Waals surface area contributed by atoms with E-state index in [0.29, 0.717) is 13.1 Å². The third-order valence-electron chi connectivity index (χ3n) is 5.42. The quantitative estimate of drug-likeness (QED) is 0.675. The van der Waals surface area contributed by atoms with E-state index in [1.54, 1.807) is 23.8 Å². The number of amides is 1. The summed E-state index contributed by atoms with van der Waals surface area (Å²) in [5.41, 5.74) is 1.76. The number of carbonyl (C=O) groups excluding carboxylic acids is 1. The highest BCUT2D eigenvalue weighted by molar-refractivity contribution is 8.00. The van der Waals surface area contributed by atoms with Crippen molar-refractivity contribution in [3.63, 3.8) is 0 Å². The first-order chi connectivity index (χ1) is 14.5. The lowest BCUT2D eigenvalue weighted by Gasteiger charge is -2.26. The largest absolute Gasteiger partial charge is 0.497 e. The Morgan fingerprint density at radius 1 is 1.07 bits per heavy atom. The molecule has 156 valence electrons. The molecule has 0 saturated heterocycles. The third kappa shape index (κ3) is 3.90. The number of likely N-dealkylation sites (N-methyl/N-ethyl adjacent to an activating group) is 1. The summed E-state index contributed by atoms with van der Waals surface area (Å²) in [6, 6.07) is 19.8. The molecule has 5 nitrogen and oxygen atoms in total. The van der Waals surface area contributed by atoms with Gasteiger partial charge < -0.3 is 19.6 Å². The lowest BCUT2D eigenvalue weighted by atomic mass is 10.1. The number of thioether (sulfide) groups is 1. The first kappa shape index (κ1) is 20.7. The second-order valence-electron chi connectivity index (χ2n) is 7.68. The molecule has 1 N–H and O–H groups in total. The molecule has 3 aromatic carbocycles. The highest BCUT2D eigenvalue weighted by Gasteiger charge is 2.37. The zero-order valence-corrected chi connectivity index (χ0v) is 18.2. The summed E-state index contributed by atoms with van der Waals surface area (Å²) in [7, 11) is 5.59. The number of hydrogen-bond acceptors (Lipinski definition) is 5. The Labute approximate surface area is 181 Å². The molecular weight excluding hydrogens is 396 g/mol. The number of ether oxygens (including phenoxy) is 1. The predicted octanol–water partition coefficient (Wildman–Crippen LogP) is 3.95. The molecular formula is C24H26N2O3S. The van der Waals surface area contributed by atoms with E-state index >= 15 is 0 Å². The lowest BCUT2D eigenvalue weighted by molar-refractivity contribution is -0.126. The van der Waals surface area contributed by atoms with Crippen molar-refractivity contribution in [1.29, 1.82) is 0 Å². The predicted molar refractivity (Wildman–Crippen MR) is 122 cm³/mol. The van der Waals surface area contributed by atoms with Gasteiger partial charge in [-0.15, -0.1) is 11.8 Å². The normalized spacial score (nSPS) is 19.1. The fraction of sp³-hybridized carbons (Fsp3) is 0.292. The maximum Gasteiger partial charge on any atom is 0.257 e. The molecule has 1 heterocycles. The second kappa shape index (κ2) is 8.68. The molecule has 6 heteroatoms. The number of hydrogen-bond donors (Lipinski definition) is 1. The van der Waals surface area contributed by atoms with Crippen LogP contribution in [0.3, 0.4) is 0 Å². The van der Waals surface area contributed by atoms with Crippen molar-refractivity contribution in [2.24, 2.45) is 0 Å². The van der Waals surface area contributed by atoms with Crippen LogP contribution in [0.1, 0.15) is 10.8 Å². The second-order valence-corrected chi connectivity index (χ2v) is 8.84. The summed E-state index contributed by atoms with van der Waals surface area (Å²) >= 11 is 1.56. The first-order valence-electron chi connectivity index (χ1n) is 9.96. The minimum atomic E-state index is -1.14. The first-order valence-corrected chi connectivity index (χ1v) is 10.8. The van der Waals surface area contributed by atoms with Gasteiger partial charge in [-0.05, 0) is 48.6 Å². The van der Waals surface area contributed by atoms with Crippen LogP contribution in [0.5, 0.6) is 5.75 Å². The molecule has 0 saturated carbocycles. The minimum Gasteiger partial charge on any atom is -0.497 e. The van der Waals surface area contributed by atoms with Gasteiger partial charge in [0.25, 0.3) is 5.91 Å². The third-order valence-corrected chi connectivity index (χ3v) is 6.86. The molecule has 0 fully saturated rings. The molecule has 0 aromatic heterocycles. The van der Waals surface area contributed by atoms with E-state index in [1.165, 1.54) is 0 Å². The topological polar surface area (TPSA) is 53.0 Å². The van der Waals surface area contributed by atoms with Gasteiger partial charge in [0.15, 0.2) is 0 Å². The molecule has 3 aromatic rings. The van der Waals surface area contributed by atoms with E-state index in [4.69, 9.17) is 4.74 Å². The van der Waals surface area contributed by atoms with E-state index in [2.05, 4.69) is 12.1 Å². The van der Waals surface area contributed by atoms with Gasteiger partial charge in [-0.3, -0.25) is 4.79 Å². The molecule has 0 aliphatic carbocycles. The molecule has 0 spiro atoms. The average molecular weight is 423 g/mol. The number of aliphatic hydroxyl groups excluding tert-OH is 1. The Kier molecular flexibility index (Phi) is 5.99. The van der Waals surface area contributed by atoms with Crippen LogP contribution >= 0.6 is 11.8 Å². The molecule has 1 aliphatic heterocycles. The van der Waals surface area contributed by atoms with E-state index in [9.17, 15) is 9.90 Å². The highest BCUT2D eigenvalue weighted by atomic mass is 32.2. The summed E-state index contributed by atoms with van der Waals surface area (Å²) < 4.78 is 5.27. The summed E-state index contributed by atoms with van der Waals surface area (Å²) in [5, 5.41) is 12.9. The van der Waals surface area contributed by atoms with E-state index in [1.807, 2.05) is 67.5 Å². The Morgan fingerprint density at radius 3 is 2.50 bits per heavy atom. The van der Waals surface area contributed by atoms with E-state index in [-0.39, 0.29) is 5.91 Å². The van der Waals surface area contributed by atoms with E-state index < -0.39 is 11.4 Å². The monoisotopic (exact) mass is 422 g/mol. The fourth-order valence-corrected chi connectivity index (χ4v) is 5.15. The maximum absolute atomic E-state index is 13.4.